The first kappa shape index (κ1) is 22.8. The molecule has 7 heteroatoms. The van der Waals surface area contributed by atoms with E-state index in [0.29, 0.717) is 30.5 Å². The monoisotopic (exact) mass is 398 g/mol. The van der Waals surface area contributed by atoms with Gasteiger partial charge in [0, 0.05) is 12.8 Å². The minimum Gasteiger partial charge on any atom is -0.480 e. The smallest absolute Gasteiger partial charge is 0.329 e. The first-order valence-electron chi connectivity index (χ1n) is 10.6. The summed E-state index contributed by atoms with van der Waals surface area (Å²) in [5.41, 5.74) is 0. The fraction of sp³-hybridized carbons (Fsp3) is 0.857. The van der Waals surface area contributed by atoms with Crippen LogP contribution in [-0.4, -0.2) is 53.4 Å². The number of hydrogen-bond donors (Lipinski definition) is 2. The lowest BCUT2D eigenvalue weighted by Gasteiger charge is -2.28. The van der Waals surface area contributed by atoms with Crippen LogP contribution in [0.5, 0.6) is 0 Å². The molecule has 2 aliphatic rings. The molecule has 2 aliphatic carbocycles. The van der Waals surface area contributed by atoms with Crippen molar-refractivity contribution in [3.63, 3.8) is 0 Å². The van der Waals surface area contributed by atoms with Crippen molar-refractivity contribution in [2.75, 3.05) is 13.2 Å². The van der Waals surface area contributed by atoms with Gasteiger partial charge in [0.15, 0.2) is 0 Å². The molecule has 2 saturated carbocycles. The number of carbonyl (C=O) groups excluding carboxylic acids is 1. The molecule has 0 radical (unpaired) electrons. The van der Waals surface area contributed by atoms with Crippen molar-refractivity contribution in [3.05, 3.63) is 0 Å². The van der Waals surface area contributed by atoms with Crippen LogP contribution in [0.2, 0.25) is 0 Å². The van der Waals surface area contributed by atoms with E-state index in [1.807, 2.05) is 0 Å². The largest absolute Gasteiger partial charge is 0.480 e. The lowest BCUT2D eigenvalue weighted by molar-refractivity contribution is -0.146. The van der Waals surface area contributed by atoms with Crippen LogP contribution in [0.1, 0.15) is 77.0 Å². The van der Waals surface area contributed by atoms with Crippen molar-refractivity contribution < 1.29 is 34.1 Å². The molecule has 0 aromatic carbocycles. The number of carboxylic acid groups (broad SMARTS) is 2. The number of aliphatic carboxylic acids is 2. The summed E-state index contributed by atoms with van der Waals surface area (Å²) >= 11 is 0. The minimum absolute atomic E-state index is 0.0534. The summed E-state index contributed by atoms with van der Waals surface area (Å²) in [5, 5.41) is 17.3. The van der Waals surface area contributed by atoms with Crippen molar-refractivity contribution >= 4 is 17.7 Å². The zero-order chi connectivity index (χ0) is 20.4. The highest BCUT2D eigenvalue weighted by molar-refractivity contribution is 5.78. The van der Waals surface area contributed by atoms with E-state index in [1.165, 1.54) is 0 Å². The van der Waals surface area contributed by atoms with E-state index in [-0.39, 0.29) is 25.4 Å². The Hall–Kier alpha value is -1.47. The standard InChI is InChI=1S/C21H34O7/c22-17(7-1-15-3-9-18(10-4-15)27-13-20(23)24)8-2-16-5-11-19(12-6-16)28-14-21(25)26/h15-16,18-19H,1-14H2,(H,23,24)(H,25,26). The molecule has 0 aromatic heterocycles. The Balaban J connectivity index is 1.51. The van der Waals surface area contributed by atoms with E-state index in [0.717, 1.165) is 64.2 Å². The van der Waals surface area contributed by atoms with Gasteiger partial charge in [-0.1, -0.05) is 0 Å². The quantitative estimate of drug-likeness (QED) is 0.518. The van der Waals surface area contributed by atoms with Crippen LogP contribution in [0.4, 0.5) is 0 Å². The molecule has 160 valence electrons. The molecule has 0 saturated heterocycles. The van der Waals surface area contributed by atoms with Crippen LogP contribution in [0.3, 0.4) is 0 Å². The molecule has 0 heterocycles. The third-order valence-electron chi connectivity index (χ3n) is 6.14. The van der Waals surface area contributed by atoms with Gasteiger partial charge in [0.25, 0.3) is 0 Å². The molecule has 0 aliphatic heterocycles. The minimum atomic E-state index is -0.922. The maximum Gasteiger partial charge on any atom is 0.329 e. The fourth-order valence-corrected chi connectivity index (χ4v) is 4.41. The molecule has 0 atom stereocenters. The number of ether oxygens (including phenoxy) is 2. The van der Waals surface area contributed by atoms with E-state index in [4.69, 9.17) is 19.7 Å². The number of carboxylic acids is 2. The topological polar surface area (TPSA) is 110 Å². The zero-order valence-corrected chi connectivity index (χ0v) is 16.6. The Morgan fingerprint density at radius 2 is 1.00 bits per heavy atom. The van der Waals surface area contributed by atoms with E-state index in [9.17, 15) is 14.4 Å². The molecule has 0 aromatic rings. The molecule has 0 unspecified atom stereocenters. The second-order valence-electron chi connectivity index (χ2n) is 8.31. The van der Waals surface area contributed by atoms with E-state index < -0.39 is 11.9 Å². The molecule has 28 heavy (non-hydrogen) atoms. The van der Waals surface area contributed by atoms with Crippen LogP contribution in [0.25, 0.3) is 0 Å². The summed E-state index contributed by atoms with van der Waals surface area (Å²) in [7, 11) is 0. The summed E-state index contributed by atoms with van der Waals surface area (Å²) < 4.78 is 10.7. The average molecular weight is 398 g/mol. The van der Waals surface area contributed by atoms with Crippen molar-refractivity contribution in [2.24, 2.45) is 11.8 Å². The summed E-state index contributed by atoms with van der Waals surface area (Å²) in [6.45, 7) is -0.442. The molecule has 2 N–H and O–H groups in total. The molecule has 0 amide bonds. The van der Waals surface area contributed by atoms with Gasteiger partial charge >= 0.3 is 11.9 Å². The third-order valence-corrected chi connectivity index (χ3v) is 6.14. The molecule has 0 spiro atoms. The van der Waals surface area contributed by atoms with Crippen LogP contribution in [0.15, 0.2) is 0 Å². The number of rotatable bonds is 12. The second kappa shape index (κ2) is 12.2. The van der Waals surface area contributed by atoms with Crippen LogP contribution < -0.4 is 0 Å². The van der Waals surface area contributed by atoms with Gasteiger partial charge < -0.3 is 19.7 Å². The first-order chi connectivity index (χ1) is 13.4. The highest BCUT2D eigenvalue weighted by atomic mass is 16.5. The summed E-state index contributed by atoms with van der Waals surface area (Å²) in [5.74, 6) is -0.401. The maximum absolute atomic E-state index is 12.2. The molecule has 7 nitrogen and oxygen atoms in total. The second-order valence-corrected chi connectivity index (χ2v) is 8.31. The fourth-order valence-electron chi connectivity index (χ4n) is 4.41. The van der Waals surface area contributed by atoms with Gasteiger partial charge in [-0.3, -0.25) is 4.79 Å². The predicted molar refractivity (Wildman–Crippen MR) is 102 cm³/mol. The highest BCUT2D eigenvalue weighted by Crippen LogP contribution is 2.31. The van der Waals surface area contributed by atoms with Gasteiger partial charge in [-0.15, -0.1) is 0 Å². The van der Waals surface area contributed by atoms with Gasteiger partial charge in [-0.2, -0.15) is 0 Å². The van der Waals surface area contributed by atoms with Crippen LogP contribution >= 0.6 is 0 Å². The average Bonchev–Trinajstić information content (AvgIpc) is 2.69. The number of hydrogen-bond acceptors (Lipinski definition) is 5. The lowest BCUT2D eigenvalue weighted by atomic mass is 9.82. The predicted octanol–water partition coefficient (Wildman–Crippen LogP) is 3.44. The Bertz CT molecular complexity index is 459. The van der Waals surface area contributed by atoms with E-state index in [2.05, 4.69) is 0 Å². The number of Topliss-reactive ketones (excluding diaryl/α,β-unsaturated/α-hetero) is 1. The van der Waals surface area contributed by atoms with Crippen molar-refractivity contribution in [1.29, 1.82) is 0 Å². The van der Waals surface area contributed by atoms with Gasteiger partial charge in [-0.25, -0.2) is 9.59 Å². The molecular formula is C21H34O7. The van der Waals surface area contributed by atoms with Gasteiger partial charge in [0.2, 0.25) is 0 Å². The Kier molecular flexibility index (Phi) is 9.92. The van der Waals surface area contributed by atoms with Crippen molar-refractivity contribution in [2.45, 2.75) is 89.3 Å². The molecule has 2 rings (SSSR count). The molecule has 0 bridgehead atoms. The summed E-state index contributed by atoms with van der Waals surface area (Å²) in [6.07, 6.45) is 10.9. The van der Waals surface area contributed by atoms with E-state index >= 15 is 0 Å². The van der Waals surface area contributed by atoms with Gasteiger partial charge in [0.1, 0.15) is 19.0 Å². The Morgan fingerprint density at radius 1 is 0.643 bits per heavy atom. The van der Waals surface area contributed by atoms with Gasteiger partial charge in [0.05, 0.1) is 12.2 Å². The van der Waals surface area contributed by atoms with Crippen molar-refractivity contribution in [1.82, 2.24) is 0 Å². The van der Waals surface area contributed by atoms with Crippen molar-refractivity contribution in [3.8, 4) is 0 Å². The van der Waals surface area contributed by atoms with Gasteiger partial charge in [-0.05, 0) is 76.0 Å². The van der Waals surface area contributed by atoms with E-state index in [1.54, 1.807) is 0 Å². The van der Waals surface area contributed by atoms with Crippen LogP contribution in [0, 0.1) is 11.8 Å². The molecule has 2 fully saturated rings. The molecular weight excluding hydrogens is 364 g/mol. The zero-order valence-electron chi connectivity index (χ0n) is 16.6. The van der Waals surface area contributed by atoms with Crippen LogP contribution in [-0.2, 0) is 23.9 Å². The summed E-state index contributed by atoms with van der Waals surface area (Å²) in [6, 6.07) is 0. The summed E-state index contributed by atoms with van der Waals surface area (Å²) in [4.78, 5) is 33.3. The maximum atomic E-state index is 12.2. The Labute approximate surface area is 166 Å². The third kappa shape index (κ3) is 9.15. The first-order valence-corrected chi connectivity index (χ1v) is 10.6. The lowest BCUT2D eigenvalue weighted by Crippen LogP contribution is -2.25. The highest BCUT2D eigenvalue weighted by Gasteiger charge is 2.24. The Morgan fingerprint density at radius 3 is 1.32 bits per heavy atom. The number of carbonyl (C=O) groups is 3. The SMILES string of the molecule is O=C(O)COC1CCC(CCC(=O)CCC2CCC(OCC(=O)O)CC2)CC1. The normalized spacial score (nSPS) is 28.0. The number of ketones is 1.